The Hall–Kier alpha value is -1.40. The van der Waals surface area contributed by atoms with Gasteiger partial charge in [-0.3, -0.25) is 4.79 Å². The highest BCUT2D eigenvalue weighted by Gasteiger charge is 2.26. The van der Waals surface area contributed by atoms with Crippen LogP contribution in [0.1, 0.15) is 16.7 Å². The molecule has 0 aromatic heterocycles. The quantitative estimate of drug-likeness (QED) is 0.835. The van der Waals surface area contributed by atoms with Gasteiger partial charge in [-0.1, -0.05) is 23.8 Å². The van der Waals surface area contributed by atoms with Gasteiger partial charge in [0.25, 0.3) is 0 Å². The summed E-state index contributed by atoms with van der Waals surface area (Å²) < 4.78 is 24.3. The summed E-state index contributed by atoms with van der Waals surface area (Å²) in [4.78, 5) is 14.1. The third kappa shape index (κ3) is 4.04. The standard InChI is InChI=1S/C15H22N2O3S/c1-12-4-5-14(13(2)10-12)11-15(18)16-6-8-17(9-7-16)21(3,19)20/h4-5,10H,6-9,11H2,1-3H3. The average Bonchev–Trinajstić information content (AvgIpc) is 2.41. The number of hydrogen-bond donors (Lipinski definition) is 0. The van der Waals surface area contributed by atoms with Crippen LogP contribution < -0.4 is 0 Å². The fraction of sp³-hybridized carbons (Fsp3) is 0.533. The van der Waals surface area contributed by atoms with Crippen molar-refractivity contribution in [2.75, 3.05) is 32.4 Å². The zero-order valence-corrected chi connectivity index (χ0v) is 13.6. The molecule has 6 heteroatoms. The Labute approximate surface area is 126 Å². The van der Waals surface area contributed by atoms with Crippen molar-refractivity contribution in [1.29, 1.82) is 0 Å². The fourth-order valence-electron chi connectivity index (χ4n) is 2.59. The second-order valence-corrected chi connectivity index (χ2v) is 7.63. The molecule has 1 amide bonds. The van der Waals surface area contributed by atoms with E-state index >= 15 is 0 Å². The first-order valence-electron chi connectivity index (χ1n) is 7.06. The molecule has 116 valence electrons. The van der Waals surface area contributed by atoms with Gasteiger partial charge in [-0.2, -0.15) is 4.31 Å². The summed E-state index contributed by atoms with van der Waals surface area (Å²) in [6, 6.07) is 6.08. The van der Waals surface area contributed by atoms with Crippen LogP contribution >= 0.6 is 0 Å². The van der Waals surface area contributed by atoms with E-state index in [-0.39, 0.29) is 5.91 Å². The average molecular weight is 310 g/mol. The van der Waals surface area contributed by atoms with Gasteiger partial charge in [0.1, 0.15) is 0 Å². The van der Waals surface area contributed by atoms with Gasteiger partial charge >= 0.3 is 0 Å². The molecule has 0 N–H and O–H groups in total. The van der Waals surface area contributed by atoms with Crippen LogP contribution in [0.2, 0.25) is 0 Å². The second-order valence-electron chi connectivity index (χ2n) is 5.65. The Bertz CT molecular complexity index is 632. The first-order chi connectivity index (χ1) is 9.77. The smallest absolute Gasteiger partial charge is 0.227 e. The molecule has 1 aromatic rings. The maximum atomic E-state index is 12.3. The summed E-state index contributed by atoms with van der Waals surface area (Å²) >= 11 is 0. The molecule has 5 nitrogen and oxygen atoms in total. The third-order valence-electron chi connectivity index (χ3n) is 3.90. The van der Waals surface area contributed by atoms with Crippen molar-refractivity contribution in [1.82, 2.24) is 9.21 Å². The van der Waals surface area contributed by atoms with Crippen molar-refractivity contribution in [2.45, 2.75) is 20.3 Å². The summed E-state index contributed by atoms with van der Waals surface area (Å²) in [7, 11) is -3.15. The molecule has 21 heavy (non-hydrogen) atoms. The van der Waals surface area contributed by atoms with E-state index in [1.54, 1.807) is 4.90 Å². The van der Waals surface area contributed by atoms with Crippen LogP contribution in [0, 0.1) is 13.8 Å². The minimum atomic E-state index is -3.15. The summed E-state index contributed by atoms with van der Waals surface area (Å²) in [6.45, 7) is 5.75. The van der Waals surface area contributed by atoms with E-state index < -0.39 is 10.0 Å². The predicted molar refractivity (Wildman–Crippen MR) is 82.6 cm³/mol. The highest BCUT2D eigenvalue weighted by atomic mass is 32.2. The first-order valence-corrected chi connectivity index (χ1v) is 8.91. The molecule has 0 atom stereocenters. The van der Waals surface area contributed by atoms with Crippen LogP contribution in [0.25, 0.3) is 0 Å². The second kappa shape index (κ2) is 6.15. The van der Waals surface area contributed by atoms with Gasteiger partial charge in [0, 0.05) is 26.2 Å². The molecule has 1 fully saturated rings. The molecule has 1 aromatic carbocycles. The number of hydrogen-bond acceptors (Lipinski definition) is 3. The van der Waals surface area contributed by atoms with E-state index in [9.17, 15) is 13.2 Å². The first kappa shape index (κ1) is 16.0. The number of benzene rings is 1. The van der Waals surface area contributed by atoms with Crippen molar-refractivity contribution in [3.63, 3.8) is 0 Å². The molecule has 0 spiro atoms. The van der Waals surface area contributed by atoms with Gasteiger partial charge in [-0.05, 0) is 25.0 Å². The lowest BCUT2D eigenvalue weighted by Gasteiger charge is -2.33. The van der Waals surface area contributed by atoms with Gasteiger partial charge < -0.3 is 4.90 Å². The van der Waals surface area contributed by atoms with E-state index in [1.165, 1.54) is 16.1 Å². The summed E-state index contributed by atoms with van der Waals surface area (Å²) in [5, 5.41) is 0. The topological polar surface area (TPSA) is 57.7 Å². The normalized spacial score (nSPS) is 17.0. The SMILES string of the molecule is Cc1ccc(CC(=O)N2CCN(S(C)(=O)=O)CC2)c(C)c1. The van der Waals surface area contributed by atoms with Crippen molar-refractivity contribution in [3.05, 3.63) is 34.9 Å². The highest BCUT2D eigenvalue weighted by molar-refractivity contribution is 7.88. The number of aryl methyl sites for hydroxylation is 2. The molecular formula is C15H22N2O3S. The van der Waals surface area contributed by atoms with Crippen LogP contribution in [-0.4, -0.2) is 56.0 Å². The predicted octanol–water partition coefficient (Wildman–Crippen LogP) is 0.950. The monoisotopic (exact) mass is 310 g/mol. The van der Waals surface area contributed by atoms with Gasteiger partial charge in [0.15, 0.2) is 0 Å². The summed E-state index contributed by atoms with van der Waals surface area (Å²) in [5.41, 5.74) is 3.35. The van der Waals surface area contributed by atoms with Crippen LogP contribution in [0.4, 0.5) is 0 Å². The fourth-order valence-corrected chi connectivity index (χ4v) is 3.41. The Balaban J connectivity index is 1.96. The zero-order chi connectivity index (χ0) is 15.6. The van der Waals surface area contributed by atoms with Crippen molar-refractivity contribution in [2.24, 2.45) is 0 Å². The maximum absolute atomic E-state index is 12.3. The molecule has 0 saturated carbocycles. The highest BCUT2D eigenvalue weighted by Crippen LogP contribution is 2.14. The van der Waals surface area contributed by atoms with E-state index in [0.29, 0.717) is 32.6 Å². The molecule has 0 unspecified atom stereocenters. The van der Waals surface area contributed by atoms with Crippen LogP contribution in [0.5, 0.6) is 0 Å². The molecule has 0 aliphatic carbocycles. The number of piperazine rings is 1. The molecular weight excluding hydrogens is 288 g/mol. The van der Waals surface area contributed by atoms with Crippen molar-refractivity contribution < 1.29 is 13.2 Å². The van der Waals surface area contributed by atoms with Crippen LogP contribution in [0.3, 0.4) is 0 Å². The van der Waals surface area contributed by atoms with E-state index in [2.05, 4.69) is 6.07 Å². The Morgan fingerprint density at radius 1 is 1.14 bits per heavy atom. The van der Waals surface area contributed by atoms with E-state index in [1.807, 2.05) is 26.0 Å². The number of rotatable bonds is 3. The maximum Gasteiger partial charge on any atom is 0.227 e. The minimum absolute atomic E-state index is 0.0649. The number of sulfonamides is 1. The zero-order valence-electron chi connectivity index (χ0n) is 12.8. The summed E-state index contributed by atoms with van der Waals surface area (Å²) in [6.07, 6.45) is 1.59. The number of carbonyl (C=O) groups excluding carboxylic acids is 1. The Kier molecular flexibility index (Phi) is 4.68. The lowest BCUT2D eigenvalue weighted by Crippen LogP contribution is -2.50. The number of nitrogens with zero attached hydrogens (tertiary/aromatic N) is 2. The van der Waals surface area contributed by atoms with Crippen LogP contribution in [-0.2, 0) is 21.2 Å². The number of amides is 1. The van der Waals surface area contributed by atoms with Crippen LogP contribution in [0.15, 0.2) is 18.2 Å². The van der Waals surface area contributed by atoms with Gasteiger partial charge in [0.05, 0.1) is 12.7 Å². The summed E-state index contributed by atoms with van der Waals surface area (Å²) in [5.74, 6) is 0.0649. The largest absolute Gasteiger partial charge is 0.340 e. The van der Waals surface area contributed by atoms with E-state index in [0.717, 1.165) is 11.1 Å². The minimum Gasteiger partial charge on any atom is -0.340 e. The molecule has 0 radical (unpaired) electrons. The Morgan fingerprint density at radius 2 is 1.76 bits per heavy atom. The van der Waals surface area contributed by atoms with Gasteiger partial charge in [0.2, 0.25) is 15.9 Å². The lowest BCUT2D eigenvalue weighted by molar-refractivity contribution is -0.131. The number of carbonyl (C=O) groups is 1. The van der Waals surface area contributed by atoms with Gasteiger partial charge in [-0.15, -0.1) is 0 Å². The van der Waals surface area contributed by atoms with Crippen molar-refractivity contribution in [3.8, 4) is 0 Å². The van der Waals surface area contributed by atoms with Gasteiger partial charge in [-0.25, -0.2) is 8.42 Å². The third-order valence-corrected chi connectivity index (χ3v) is 5.20. The molecule has 1 saturated heterocycles. The Morgan fingerprint density at radius 3 is 2.29 bits per heavy atom. The van der Waals surface area contributed by atoms with Crippen molar-refractivity contribution >= 4 is 15.9 Å². The lowest BCUT2D eigenvalue weighted by atomic mass is 10.0. The molecule has 1 aliphatic heterocycles. The molecule has 2 rings (SSSR count). The molecule has 0 bridgehead atoms. The molecule has 1 aliphatic rings. The van der Waals surface area contributed by atoms with E-state index in [4.69, 9.17) is 0 Å². The molecule has 1 heterocycles.